The first-order valence-electron chi connectivity index (χ1n) is 7.77. The van der Waals surface area contributed by atoms with Gasteiger partial charge in [-0.1, -0.05) is 6.07 Å². The van der Waals surface area contributed by atoms with E-state index in [0.29, 0.717) is 22.2 Å². The molecule has 0 unspecified atom stereocenters. The van der Waals surface area contributed by atoms with Crippen LogP contribution >= 0.6 is 22.7 Å². The molecule has 0 fully saturated rings. The summed E-state index contributed by atoms with van der Waals surface area (Å²) in [4.78, 5) is 17.4. The van der Waals surface area contributed by atoms with E-state index in [1.54, 1.807) is 28.9 Å². The van der Waals surface area contributed by atoms with Crippen molar-refractivity contribution in [3.63, 3.8) is 0 Å². The Kier molecular flexibility index (Phi) is 4.40. The Morgan fingerprint density at radius 2 is 2.19 bits per heavy atom. The molecule has 0 radical (unpaired) electrons. The quantitative estimate of drug-likeness (QED) is 0.458. The van der Waals surface area contributed by atoms with Crippen LogP contribution in [0.3, 0.4) is 0 Å². The number of halogens is 1. The molecule has 26 heavy (non-hydrogen) atoms. The van der Waals surface area contributed by atoms with Gasteiger partial charge in [0.2, 0.25) is 5.91 Å². The van der Waals surface area contributed by atoms with Gasteiger partial charge in [0.25, 0.3) is 0 Å². The van der Waals surface area contributed by atoms with E-state index in [-0.39, 0.29) is 11.7 Å². The van der Waals surface area contributed by atoms with Crippen LogP contribution in [0.2, 0.25) is 0 Å². The minimum atomic E-state index is -0.309. The minimum absolute atomic E-state index is 0.248. The first-order chi connectivity index (χ1) is 12.6. The summed E-state index contributed by atoms with van der Waals surface area (Å²) >= 11 is 2.87. The molecule has 3 aromatic heterocycles. The number of thiophene rings is 1. The summed E-state index contributed by atoms with van der Waals surface area (Å²) in [6, 6.07) is 8.27. The van der Waals surface area contributed by atoms with Crippen molar-refractivity contribution in [1.29, 1.82) is 0 Å². The zero-order valence-corrected chi connectivity index (χ0v) is 15.3. The number of furan rings is 1. The number of aryl methyl sites for hydroxylation is 1. The van der Waals surface area contributed by atoms with Gasteiger partial charge < -0.3 is 4.42 Å². The SMILES string of the molecule is Cc1c(-c2csc(NC(=O)/C=C/c3cccs3)n2)oc2ccc(F)cc12. The van der Waals surface area contributed by atoms with Crippen LogP contribution in [0.1, 0.15) is 10.4 Å². The summed E-state index contributed by atoms with van der Waals surface area (Å²) in [6.45, 7) is 1.86. The predicted molar refractivity (Wildman–Crippen MR) is 104 cm³/mol. The van der Waals surface area contributed by atoms with Gasteiger partial charge >= 0.3 is 0 Å². The molecule has 0 saturated carbocycles. The number of amides is 1. The fourth-order valence-electron chi connectivity index (χ4n) is 2.56. The van der Waals surface area contributed by atoms with Crippen molar-refractivity contribution in [2.24, 2.45) is 0 Å². The number of aromatic nitrogens is 1. The van der Waals surface area contributed by atoms with Crippen LogP contribution in [-0.4, -0.2) is 10.9 Å². The van der Waals surface area contributed by atoms with E-state index in [1.807, 2.05) is 24.4 Å². The molecule has 0 aliphatic carbocycles. The van der Waals surface area contributed by atoms with Crippen molar-refractivity contribution in [3.8, 4) is 11.5 Å². The number of rotatable bonds is 4. The van der Waals surface area contributed by atoms with Crippen LogP contribution in [0.5, 0.6) is 0 Å². The van der Waals surface area contributed by atoms with Crippen molar-refractivity contribution in [2.45, 2.75) is 6.92 Å². The lowest BCUT2D eigenvalue weighted by Crippen LogP contribution is -2.07. The highest BCUT2D eigenvalue weighted by Gasteiger charge is 2.16. The monoisotopic (exact) mass is 384 g/mol. The molecule has 0 aliphatic heterocycles. The predicted octanol–water partition coefficient (Wildman–Crippen LogP) is 5.72. The number of carbonyl (C=O) groups is 1. The molecule has 130 valence electrons. The Morgan fingerprint density at radius 3 is 3.00 bits per heavy atom. The van der Waals surface area contributed by atoms with Gasteiger partial charge in [-0.2, -0.15) is 0 Å². The molecule has 1 N–H and O–H groups in total. The molecule has 7 heteroatoms. The van der Waals surface area contributed by atoms with E-state index in [2.05, 4.69) is 10.3 Å². The summed E-state index contributed by atoms with van der Waals surface area (Å²) in [5.41, 5.74) is 2.04. The lowest BCUT2D eigenvalue weighted by Gasteiger charge is -1.96. The van der Waals surface area contributed by atoms with Gasteiger partial charge in [0.05, 0.1) is 0 Å². The first-order valence-corrected chi connectivity index (χ1v) is 9.53. The lowest BCUT2D eigenvalue weighted by atomic mass is 10.1. The number of benzene rings is 1. The van der Waals surface area contributed by atoms with Crippen molar-refractivity contribution >= 4 is 50.8 Å². The van der Waals surface area contributed by atoms with Crippen LogP contribution in [0.4, 0.5) is 9.52 Å². The number of hydrogen-bond acceptors (Lipinski definition) is 5. The van der Waals surface area contributed by atoms with E-state index in [1.165, 1.54) is 29.5 Å². The van der Waals surface area contributed by atoms with Gasteiger partial charge in [0.1, 0.15) is 17.1 Å². The van der Waals surface area contributed by atoms with Crippen LogP contribution in [0, 0.1) is 12.7 Å². The molecule has 3 heterocycles. The van der Waals surface area contributed by atoms with Crippen LogP contribution in [0.15, 0.2) is 51.6 Å². The summed E-state index contributed by atoms with van der Waals surface area (Å²) in [6.07, 6.45) is 3.23. The third-order valence-electron chi connectivity index (χ3n) is 3.81. The second-order valence-corrected chi connectivity index (χ2v) is 7.41. The summed E-state index contributed by atoms with van der Waals surface area (Å²) in [5.74, 6) is 0.0240. The van der Waals surface area contributed by atoms with Crippen molar-refractivity contribution < 1.29 is 13.6 Å². The van der Waals surface area contributed by atoms with E-state index in [0.717, 1.165) is 15.8 Å². The standard InChI is InChI=1S/C19H13FN2O2S2/c1-11-14-9-12(20)4-6-16(14)24-18(11)15-10-26-19(21-15)22-17(23)7-5-13-3-2-8-25-13/h2-10H,1H3,(H,21,22,23)/b7-5+. The number of carbonyl (C=O) groups excluding carboxylic acids is 1. The molecule has 0 aliphatic rings. The summed E-state index contributed by atoms with van der Waals surface area (Å²) in [5, 5.41) is 7.70. The highest BCUT2D eigenvalue weighted by molar-refractivity contribution is 7.14. The smallest absolute Gasteiger partial charge is 0.250 e. The third-order valence-corrected chi connectivity index (χ3v) is 5.40. The topological polar surface area (TPSA) is 55.1 Å². The van der Waals surface area contributed by atoms with Gasteiger partial charge in [-0.05, 0) is 42.6 Å². The summed E-state index contributed by atoms with van der Waals surface area (Å²) < 4.78 is 19.2. The van der Waals surface area contributed by atoms with Crippen LogP contribution in [-0.2, 0) is 4.79 Å². The fraction of sp³-hybridized carbons (Fsp3) is 0.0526. The van der Waals surface area contributed by atoms with Crippen molar-refractivity contribution in [1.82, 2.24) is 4.98 Å². The largest absolute Gasteiger partial charge is 0.454 e. The fourth-order valence-corrected chi connectivity index (χ4v) is 3.88. The van der Waals surface area contributed by atoms with Gasteiger partial charge in [-0.25, -0.2) is 9.37 Å². The van der Waals surface area contributed by atoms with Crippen LogP contribution < -0.4 is 5.32 Å². The molecule has 4 aromatic rings. The van der Waals surface area contributed by atoms with E-state index >= 15 is 0 Å². The maximum Gasteiger partial charge on any atom is 0.250 e. The molecule has 0 atom stereocenters. The highest BCUT2D eigenvalue weighted by atomic mass is 32.1. The molecule has 0 bridgehead atoms. The average Bonchev–Trinajstić information content (AvgIpc) is 3.35. The second kappa shape index (κ2) is 6.86. The molecule has 4 rings (SSSR count). The molecule has 4 nitrogen and oxygen atoms in total. The van der Waals surface area contributed by atoms with E-state index < -0.39 is 0 Å². The molecular weight excluding hydrogens is 371 g/mol. The first kappa shape index (κ1) is 16.7. The Morgan fingerprint density at radius 1 is 1.31 bits per heavy atom. The number of nitrogens with one attached hydrogen (secondary N) is 1. The summed E-state index contributed by atoms with van der Waals surface area (Å²) in [7, 11) is 0. The van der Waals surface area contributed by atoms with E-state index in [4.69, 9.17) is 4.42 Å². The molecule has 0 spiro atoms. The maximum atomic E-state index is 13.4. The van der Waals surface area contributed by atoms with Gasteiger partial charge in [0.15, 0.2) is 10.9 Å². The lowest BCUT2D eigenvalue weighted by molar-refractivity contribution is -0.111. The maximum absolute atomic E-state index is 13.4. The molecule has 1 amide bonds. The zero-order chi connectivity index (χ0) is 18.1. The number of thiazole rings is 1. The Labute approximate surface area is 156 Å². The minimum Gasteiger partial charge on any atom is -0.454 e. The average molecular weight is 384 g/mol. The molecular formula is C19H13FN2O2S2. The number of hydrogen-bond donors (Lipinski definition) is 1. The normalized spacial score (nSPS) is 11.5. The Bertz CT molecular complexity index is 1110. The number of fused-ring (bicyclic) bond motifs is 1. The number of nitrogens with zero attached hydrogens (tertiary/aromatic N) is 1. The van der Waals surface area contributed by atoms with Crippen LogP contribution in [0.25, 0.3) is 28.5 Å². The van der Waals surface area contributed by atoms with Gasteiger partial charge in [0, 0.05) is 27.3 Å². The highest BCUT2D eigenvalue weighted by Crippen LogP contribution is 2.34. The Balaban J connectivity index is 1.55. The third kappa shape index (κ3) is 3.31. The number of anilines is 1. The Hall–Kier alpha value is -2.77. The van der Waals surface area contributed by atoms with Gasteiger partial charge in [-0.15, -0.1) is 22.7 Å². The zero-order valence-electron chi connectivity index (χ0n) is 13.7. The van der Waals surface area contributed by atoms with E-state index in [9.17, 15) is 9.18 Å². The van der Waals surface area contributed by atoms with Crippen molar-refractivity contribution in [3.05, 3.63) is 63.4 Å². The molecule has 0 saturated heterocycles. The van der Waals surface area contributed by atoms with Crippen molar-refractivity contribution in [2.75, 3.05) is 5.32 Å². The van der Waals surface area contributed by atoms with Gasteiger partial charge in [-0.3, -0.25) is 10.1 Å². The molecule has 1 aromatic carbocycles. The second-order valence-electron chi connectivity index (χ2n) is 5.57.